The van der Waals surface area contributed by atoms with E-state index in [0.717, 1.165) is 39.8 Å². The molecule has 3 aromatic rings. The summed E-state index contributed by atoms with van der Waals surface area (Å²) < 4.78 is 66.6. The molecule has 1 aliphatic heterocycles. The Kier molecular flexibility index (Phi) is 5.83. The van der Waals surface area contributed by atoms with Crippen LogP contribution in [-0.4, -0.2) is 19.4 Å². The van der Waals surface area contributed by atoms with Crippen LogP contribution in [0.3, 0.4) is 0 Å². The smallest absolute Gasteiger partial charge is 0.240 e. The Hall–Kier alpha value is -2.39. The Morgan fingerprint density at radius 3 is 2.06 bits per heavy atom. The maximum Gasteiger partial charge on any atom is 0.416 e. The van der Waals surface area contributed by atoms with E-state index in [4.69, 9.17) is 11.6 Å². The average Bonchev–Trinajstić information content (AvgIpc) is 3.20. The predicted octanol–water partition coefficient (Wildman–Crippen LogP) is 5.39. The molecule has 0 spiro atoms. The molecule has 0 saturated carbocycles. The van der Waals surface area contributed by atoms with Crippen LogP contribution in [0.15, 0.2) is 83.8 Å². The first-order valence-electron chi connectivity index (χ1n) is 9.43. The van der Waals surface area contributed by atoms with Crippen LogP contribution in [0.4, 0.5) is 13.2 Å². The quantitative estimate of drug-likeness (QED) is 0.560. The van der Waals surface area contributed by atoms with Gasteiger partial charge in [0.05, 0.1) is 16.5 Å². The third kappa shape index (κ3) is 4.34. The summed E-state index contributed by atoms with van der Waals surface area (Å²) in [6.07, 6.45) is -4.54. The minimum atomic E-state index is -4.54. The van der Waals surface area contributed by atoms with Gasteiger partial charge in [0.1, 0.15) is 0 Å². The van der Waals surface area contributed by atoms with Gasteiger partial charge in [-0.3, -0.25) is 0 Å². The largest absolute Gasteiger partial charge is 0.416 e. The van der Waals surface area contributed by atoms with Crippen LogP contribution in [0.2, 0.25) is 5.02 Å². The average molecular weight is 467 g/mol. The SMILES string of the molecule is O=S(=O)(c1ccc(C(F)(F)F)cc1)N1NCC(c2ccccc2)[C@H]1c1ccc(Cl)cc1. The fourth-order valence-corrected chi connectivity index (χ4v) is 5.40. The highest BCUT2D eigenvalue weighted by molar-refractivity contribution is 7.89. The normalized spacial score (nSPS) is 20.1. The van der Waals surface area contributed by atoms with Crippen LogP contribution in [-0.2, 0) is 16.2 Å². The van der Waals surface area contributed by atoms with Crippen molar-refractivity contribution in [1.29, 1.82) is 0 Å². The van der Waals surface area contributed by atoms with Crippen LogP contribution < -0.4 is 5.43 Å². The molecule has 1 unspecified atom stereocenters. The van der Waals surface area contributed by atoms with Crippen LogP contribution in [0.1, 0.15) is 28.7 Å². The molecule has 1 fully saturated rings. The Balaban J connectivity index is 1.75. The maximum absolute atomic E-state index is 13.4. The van der Waals surface area contributed by atoms with E-state index in [1.807, 2.05) is 30.3 Å². The molecule has 0 bridgehead atoms. The molecular formula is C22H18ClF3N2O2S. The van der Waals surface area contributed by atoms with E-state index in [1.165, 1.54) is 0 Å². The lowest BCUT2D eigenvalue weighted by atomic mass is 9.89. The number of rotatable bonds is 4. The van der Waals surface area contributed by atoms with E-state index < -0.39 is 27.8 Å². The standard InChI is InChI=1S/C22H18ClF3N2O2S/c23-18-10-6-16(7-11-18)21-20(15-4-2-1-3-5-15)14-27-28(21)31(29,30)19-12-8-17(9-13-19)22(24,25)26/h1-13,20-21,27H,14H2/t20?,21-/m1/s1. The second-order valence-corrected chi connectivity index (χ2v) is 9.45. The molecule has 3 aromatic carbocycles. The Morgan fingerprint density at radius 2 is 1.48 bits per heavy atom. The molecule has 31 heavy (non-hydrogen) atoms. The Labute approximate surface area is 183 Å². The van der Waals surface area contributed by atoms with Crippen molar-refractivity contribution in [2.45, 2.75) is 23.0 Å². The van der Waals surface area contributed by atoms with Gasteiger partial charge in [-0.15, -0.1) is 4.41 Å². The van der Waals surface area contributed by atoms with Gasteiger partial charge in [-0.05, 0) is 47.5 Å². The number of nitrogens with one attached hydrogen (secondary N) is 1. The van der Waals surface area contributed by atoms with Crippen molar-refractivity contribution in [2.24, 2.45) is 0 Å². The van der Waals surface area contributed by atoms with E-state index in [1.54, 1.807) is 24.3 Å². The fraction of sp³-hybridized carbons (Fsp3) is 0.182. The predicted molar refractivity (Wildman–Crippen MR) is 112 cm³/mol. The molecule has 0 radical (unpaired) electrons. The first-order chi connectivity index (χ1) is 14.7. The van der Waals surface area contributed by atoms with Crippen molar-refractivity contribution in [1.82, 2.24) is 9.84 Å². The zero-order valence-corrected chi connectivity index (χ0v) is 17.6. The number of hydrazine groups is 1. The summed E-state index contributed by atoms with van der Waals surface area (Å²) >= 11 is 6.01. The van der Waals surface area contributed by atoms with Crippen molar-refractivity contribution in [3.8, 4) is 0 Å². The molecule has 1 heterocycles. The topological polar surface area (TPSA) is 49.4 Å². The molecule has 1 N–H and O–H groups in total. The summed E-state index contributed by atoms with van der Waals surface area (Å²) in [7, 11) is -4.13. The second kappa shape index (κ2) is 8.27. The zero-order valence-electron chi connectivity index (χ0n) is 16.1. The van der Waals surface area contributed by atoms with E-state index in [0.29, 0.717) is 11.6 Å². The van der Waals surface area contributed by atoms with Crippen molar-refractivity contribution < 1.29 is 21.6 Å². The number of hydrogen-bond donors (Lipinski definition) is 1. The number of benzene rings is 3. The van der Waals surface area contributed by atoms with E-state index >= 15 is 0 Å². The van der Waals surface area contributed by atoms with Gasteiger partial charge in [-0.2, -0.15) is 13.2 Å². The van der Waals surface area contributed by atoms with E-state index in [2.05, 4.69) is 5.43 Å². The van der Waals surface area contributed by atoms with E-state index in [-0.39, 0.29) is 10.8 Å². The van der Waals surface area contributed by atoms with Crippen molar-refractivity contribution in [2.75, 3.05) is 6.54 Å². The number of alkyl halides is 3. The van der Waals surface area contributed by atoms with Crippen molar-refractivity contribution in [3.63, 3.8) is 0 Å². The Bertz CT molecular complexity index is 1150. The molecule has 2 atom stereocenters. The molecule has 9 heteroatoms. The minimum absolute atomic E-state index is 0.202. The number of nitrogens with zero attached hydrogens (tertiary/aromatic N) is 1. The number of halogens is 4. The third-order valence-electron chi connectivity index (χ3n) is 5.28. The van der Waals surface area contributed by atoms with Gasteiger partial charge < -0.3 is 0 Å². The van der Waals surface area contributed by atoms with Gasteiger partial charge in [0.25, 0.3) is 10.0 Å². The lowest BCUT2D eigenvalue weighted by Crippen LogP contribution is -2.38. The monoisotopic (exact) mass is 466 g/mol. The number of hydrogen-bond acceptors (Lipinski definition) is 3. The van der Waals surface area contributed by atoms with Crippen LogP contribution in [0.25, 0.3) is 0 Å². The zero-order chi connectivity index (χ0) is 22.2. The van der Waals surface area contributed by atoms with Gasteiger partial charge in [0, 0.05) is 17.5 Å². The third-order valence-corrected chi connectivity index (χ3v) is 7.27. The summed E-state index contributed by atoms with van der Waals surface area (Å²) in [6, 6.07) is 19.2. The molecule has 1 aliphatic rings. The lowest BCUT2D eigenvalue weighted by molar-refractivity contribution is -0.137. The van der Waals surface area contributed by atoms with Gasteiger partial charge in [0.15, 0.2) is 0 Å². The van der Waals surface area contributed by atoms with Gasteiger partial charge in [0.2, 0.25) is 0 Å². The summed E-state index contributed by atoms with van der Waals surface area (Å²) in [5.74, 6) is -0.202. The second-order valence-electron chi connectivity index (χ2n) is 7.20. The van der Waals surface area contributed by atoms with Gasteiger partial charge >= 0.3 is 6.18 Å². The van der Waals surface area contributed by atoms with Crippen LogP contribution >= 0.6 is 11.6 Å². The highest BCUT2D eigenvalue weighted by Gasteiger charge is 2.43. The Morgan fingerprint density at radius 1 is 0.871 bits per heavy atom. The lowest BCUT2D eigenvalue weighted by Gasteiger charge is -2.27. The molecule has 4 nitrogen and oxygen atoms in total. The molecular weight excluding hydrogens is 449 g/mol. The first-order valence-corrected chi connectivity index (χ1v) is 11.3. The van der Waals surface area contributed by atoms with Gasteiger partial charge in [-0.1, -0.05) is 54.1 Å². The van der Waals surface area contributed by atoms with Crippen molar-refractivity contribution in [3.05, 3.63) is 101 Å². The van der Waals surface area contributed by atoms with Crippen LogP contribution in [0.5, 0.6) is 0 Å². The molecule has 4 rings (SSSR count). The summed E-state index contributed by atoms with van der Waals surface area (Å²) in [5, 5.41) is 0.517. The number of sulfonamides is 1. The highest BCUT2D eigenvalue weighted by Crippen LogP contribution is 2.42. The molecule has 162 valence electrons. The molecule has 0 aliphatic carbocycles. The van der Waals surface area contributed by atoms with E-state index in [9.17, 15) is 21.6 Å². The summed E-state index contributed by atoms with van der Waals surface area (Å²) in [5.41, 5.74) is 3.70. The fourth-order valence-electron chi connectivity index (χ4n) is 3.75. The first kappa shape index (κ1) is 21.8. The van der Waals surface area contributed by atoms with Crippen LogP contribution in [0, 0.1) is 0 Å². The molecule has 0 aromatic heterocycles. The van der Waals surface area contributed by atoms with Gasteiger partial charge in [-0.25, -0.2) is 13.8 Å². The molecule has 1 saturated heterocycles. The van der Waals surface area contributed by atoms with Crippen molar-refractivity contribution >= 4 is 21.6 Å². The summed E-state index contributed by atoms with van der Waals surface area (Å²) in [6.45, 7) is 0.344. The maximum atomic E-state index is 13.4. The molecule has 0 amide bonds. The summed E-state index contributed by atoms with van der Waals surface area (Å²) in [4.78, 5) is -0.222. The highest BCUT2D eigenvalue weighted by atomic mass is 35.5. The minimum Gasteiger partial charge on any atom is -0.240 e.